The summed E-state index contributed by atoms with van der Waals surface area (Å²) in [5.41, 5.74) is 0.464. The number of hydrogen-bond donors (Lipinski definition) is 2. The summed E-state index contributed by atoms with van der Waals surface area (Å²) in [6, 6.07) is 6.11. The largest absolute Gasteiger partial charge is 0.338 e. The van der Waals surface area contributed by atoms with Gasteiger partial charge in [-0.2, -0.15) is 0 Å². The van der Waals surface area contributed by atoms with Gasteiger partial charge in [0.15, 0.2) is 11.4 Å². The Labute approximate surface area is 126 Å². The second-order valence-corrected chi connectivity index (χ2v) is 6.25. The van der Waals surface area contributed by atoms with Crippen LogP contribution in [0.2, 0.25) is 0 Å². The number of hydrogen-bond acceptors (Lipinski definition) is 7. The second-order valence-electron chi connectivity index (χ2n) is 3.94. The number of carbonyl (C=O) groups is 1. The molecule has 0 unspecified atom stereocenters. The number of nitrogens with two attached hydrogens (primary N) is 1. The molecule has 2 aromatic rings. The zero-order valence-corrected chi connectivity index (χ0v) is 12.6. The average Bonchev–Trinajstić information content (AvgIpc) is 2.46. The number of primary sulfonamides is 1. The average molecular weight is 324 g/mol. The van der Waals surface area contributed by atoms with Crippen LogP contribution in [0.1, 0.15) is 10.4 Å². The third-order valence-corrected chi connectivity index (χ3v) is 4.08. The molecule has 0 bridgehead atoms. The Balaban J connectivity index is 2.50. The maximum Gasteiger partial charge on any atom is 0.240 e. The maximum absolute atomic E-state index is 11.6. The molecule has 21 heavy (non-hydrogen) atoms. The van der Waals surface area contributed by atoms with Crippen molar-refractivity contribution in [1.82, 2.24) is 9.97 Å². The van der Waals surface area contributed by atoms with Gasteiger partial charge in [-0.25, -0.2) is 23.5 Å². The second kappa shape index (κ2) is 6.20. The number of nitrogens with zero attached hydrogens (tertiary/aromatic N) is 2. The highest BCUT2D eigenvalue weighted by molar-refractivity contribution is 7.98. The van der Waals surface area contributed by atoms with Gasteiger partial charge in [-0.1, -0.05) is 23.9 Å². The van der Waals surface area contributed by atoms with E-state index in [-0.39, 0.29) is 22.0 Å². The number of aromatic nitrogens is 2. The summed E-state index contributed by atoms with van der Waals surface area (Å²) in [6.07, 6.45) is 3.75. The van der Waals surface area contributed by atoms with Crippen molar-refractivity contribution in [2.45, 2.75) is 10.1 Å². The van der Waals surface area contributed by atoms with E-state index in [0.717, 1.165) is 0 Å². The van der Waals surface area contributed by atoms with E-state index in [9.17, 15) is 13.2 Å². The third kappa shape index (κ3) is 3.57. The molecule has 110 valence electrons. The van der Waals surface area contributed by atoms with Gasteiger partial charge in [0.1, 0.15) is 10.7 Å². The van der Waals surface area contributed by atoms with E-state index in [1.54, 1.807) is 18.4 Å². The van der Waals surface area contributed by atoms with E-state index in [4.69, 9.17) is 5.14 Å². The first-order valence-electron chi connectivity index (χ1n) is 5.70. The Morgan fingerprint density at radius 2 is 2.05 bits per heavy atom. The van der Waals surface area contributed by atoms with Gasteiger partial charge in [-0.15, -0.1) is 0 Å². The van der Waals surface area contributed by atoms with Crippen LogP contribution in [0.25, 0.3) is 0 Å². The monoisotopic (exact) mass is 324 g/mol. The summed E-state index contributed by atoms with van der Waals surface area (Å²) in [7, 11) is -3.89. The molecule has 1 aromatic carbocycles. The number of rotatable bonds is 5. The van der Waals surface area contributed by atoms with Gasteiger partial charge in [0, 0.05) is 6.20 Å². The summed E-state index contributed by atoms with van der Waals surface area (Å²) >= 11 is 1.30. The molecule has 0 aliphatic heterocycles. The normalized spacial score (nSPS) is 11.1. The van der Waals surface area contributed by atoms with Crippen LogP contribution in [0.15, 0.2) is 40.5 Å². The van der Waals surface area contributed by atoms with Gasteiger partial charge >= 0.3 is 0 Å². The van der Waals surface area contributed by atoms with Crippen molar-refractivity contribution in [3.63, 3.8) is 0 Å². The summed E-state index contributed by atoms with van der Waals surface area (Å²) in [5.74, 6) is 0.223. The topological polar surface area (TPSA) is 115 Å². The highest BCUT2D eigenvalue weighted by atomic mass is 32.2. The van der Waals surface area contributed by atoms with E-state index in [2.05, 4.69) is 15.3 Å². The summed E-state index contributed by atoms with van der Waals surface area (Å²) in [4.78, 5) is 19.1. The predicted octanol–water partition coefficient (Wildman–Crippen LogP) is 1.40. The minimum atomic E-state index is -3.89. The summed E-state index contributed by atoms with van der Waals surface area (Å²) in [6.45, 7) is 0. The number of benzene rings is 1. The first-order chi connectivity index (χ1) is 9.95. The molecule has 1 aromatic heterocycles. The van der Waals surface area contributed by atoms with Crippen molar-refractivity contribution in [3.05, 3.63) is 36.0 Å². The highest BCUT2D eigenvalue weighted by Gasteiger charge is 2.15. The van der Waals surface area contributed by atoms with E-state index >= 15 is 0 Å². The molecule has 0 aliphatic rings. The molecule has 0 fully saturated rings. The summed E-state index contributed by atoms with van der Waals surface area (Å²) < 4.78 is 23.1. The zero-order chi connectivity index (χ0) is 15.5. The lowest BCUT2D eigenvalue weighted by atomic mass is 10.3. The number of thioether (sulfide) groups is 1. The number of para-hydroxylation sites is 1. The Bertz CT molecular complexity index is 778. The van der Waals surface area contributed by atoms with Crippen LogP contribution < -0.4 is 10.5 Å². The quantitative estimate of drug-likeness (QED) is 0.485. The number of nitrogens with one attached hydrogen (secondary N) is 1. The van der Waals surface area contributed by atoms with Crippen molar-refractivity contribution in [1.29, 1.82) is 0 Å². The molecule has 3 N–H and O–H groups in total. The fourth-order valence-electron chi connectivity index (χ4n) is 1.61. The summed E-state index contributed by atoms with van der Waals surface area (Å²) in [5, 5.41) is 8.44. The van der Waals surface area contributed by atoms with E-state index in [1.807, 2.05) is 0 Å². The number of sulfonamides is 1. The number of anilines is 2. The molecule has 0 aliphatic carbocycles. The van der Waals surface area contributed by atoms with Crippen LogP contribution in [0.4, 0.5) is 11.5 Å². The Morgan fingerprint density at radius 3 is 2.67 bits per heavy atom. The standard InChI is InChI=1S/C12H12N4O3S2/c1-20-12-14-6-8(7-17)11(16-12)15-9-4-2-3-5-10(9)21(13,18)19/h2-7H,1H3,(H2,13,18,19)(H,14,15,16). The molecule has 0 amide bonds. The van der Waals surface area contributed by atoms with Crippen molar-refractivity contribution in [2.24, 2.45) is 5.14 Å². The number of carbonyl (C=O) groups excluding carboxylic acids is 1. The smallest absolute Gasteiger partial charge is 0.240 e. The molecule has 0 atom stereocenters. The maximum atomic E-state index is 11.6. The third-order valence-electron chi connectivity index (χ3n) is 2.55. The van der Waals surface area contributed by atoms with Crippen LogP contribution in [-0.4, -0.2) is 30.9 Å². The Kier molecular flexibility index (Phi) is 4.56. The molecule has 0 saturated carbocycles. The highest BCUT2D eigenvalue weighted by Crippen LogP contribution is 2.25. The van der Waals surface area contributed by atoms with Gasteiger partial charge in [0.05, 0.1) is 11.3 Å². The first kappa shape index (κ1) is 15.4. The van der Waals surface area contributed by atoms with Crippen LogP contribution in [-0.2, 0) is 10.0 Å². The van der Waals surface area contributed by atoms with Crippen LogP contribution >= 0.6 is 11.8 Å². The molecule has 0 spiro atoms. The first-order valence-corrected chi connectivity index (χ1v) is 8.48. The van der Waals surface area contributed by atoms with Crippen molar-refractivity contribution < 1.29 is 13.2 Å². The molecule has 0 saturated heterocycles. The van der Waals surface area contributed by atoms with Crippen LogP contribution in [0, 0.1) is 0 Å². The molecule has 7 nitrogen and oxygen atoms in total. The molecule has 0 radical (unpaired) electrons. The molecule has 2 rings (SSSR count). The van der Waals surface area contributed by atoms with Crippen molar-refractivity contribution in [3.8, 4) is 0 Å². The van der Waals surface area contributed by atoms with Crippen molar-refractivity contribution in [2.75, 3.05) is 11.6 Å². The van der Waals surface area contributed by atoms with Gasteiger partial charge in [-0.05, 0) is 18.4 Å². The lowest BCUT2D eigenvalue weighted by molar-refractivity contribution is 0.112. The Morgan fingerprint density at radius 1 is 1.33 bits per heavy atom. The van der Waals surface area contributed by atoms with E-state index < -0.39 is 10.0 Å². The van der Waals surface area contributed by atoms with Gasteiger partial charge in [-0.3, -0.25) is 4.79 Å². The van der Waals surface area contributed by atoms with Crippen LogP contribution in [0.3, 0.4) is 0 Å². The lowest BCUT2D eigenvalue weighted by Gasteiger charge is -2.11. The number of aldehydes is 1. The van der Waals surface area contributed by atoms with E-state index in [1.165, 1.54) is 30.1 Å². The lowest BCUT2D eigenvalue weighted by Crippen LogP contribution is -2.14. The van der Waals surface area contributed by atoms with Gasteiger partial charge in [0.25, 0.3) is 0 Å². The zero-order valence-electron chi connectivity index (χ0n) is 11.0. The van der Waals surface area contributed by atoms with Gasteiger partial charge < -0.3 is 5.32 Å². The van der Waals surface area contributed by atoms with Crippen molar-refractivity contribution >= 4 is 39.6 Å². The van der Waals surface area contributed by atoms with Gasteiger partial charge in [0.2, 0.25) is 10.0 Å². The fourth-order valence-corrected chi connectivity index (χ4v) is 2.64. The Hall–Kier alpha value is -1.97. The molecular weight excluding hydrogens is 312 g/mol. The minimum Gasteiger partial charge on any atom is -0.338 e. The minimum absolute atomic E-state index is 0.0776. The molecule has 9 heteroatoms. The predicted molar refractivity (Wildman–Crippen MR) is 80.3 cm³/mol. The molecular formula is C12H12N4O3S2. The molecule has 1 heterocycles. The SMILES string of the molecule is CSc1ncc(C=O)c(Nc2ccccc2S(N)(=O)=O)n1. The van der Waals surface area contributed by atoms with Crippen LogP contribution in [0.5, 0.6) is 0 Å². The van der Waals surface area contributed by atoms with E-state index in [0.29, 0.717) is 11.4 Å². The fraction of sp³-hybridized carbons (Fsp3) is 0.0833.